The molecule has 0 spiro atoms. The van der Waals surface area contributed by atoms with Crippen molar-refractivity contribution in [3.63, 3.8) is 0 Å². The minimum absolute atomic E-state index is 0.0525. The van der Waals surface area contributed by atoms with Crippen molar-refractivity contribution in [1.82, 2.24) is 10.6 Å². The van der Waals surface area contributed by atoms with Gasteiger partial charge in [0.05, 0.1) is 0 Å². The number of carboxylic acid groups (broad SMARTS) is 1. The first kappa shape index (κ1) is 23.9. The van der Waals surface area contributed by atoms with Gasteiger partial charge in [0.1, 0.15) is 12.1 Å². The Morgan fingerprint density at radius 2 is 1.70 bits per heavy atom. The third-order valence-corrected chi connectivity index (χ3v) is 5.72. The van der Waals surface area contributed by atoms with Gasteiger partial charge in [-0.1, -0.05) is 57.0 Å². The molecule has 166 valence electrons. The summed E-state index contributed by atoms with van der Waals surface area (Å²) in [5.41, 5.74) is 0.871. The number of hydrogen-bond donors (Lipinski definition) is 4. The van der Waals surface area contributed by atoms with Crippen LogP contribution in [0.15, 0.2) is 30.3 Å². The minimum atomic E-state index is -1.09. The largest absolute Gasteiger partial charge is 0.480 e. The average Bonchev–Trinajstić information content (AvgIpc) is 2.72. The average molecular weight is 419 g/mol. The van der Waals surface area contributed by atoms with Crippen LogP contribution in [-0.2, 0) is 20.8 Å². The van der Waals surface area contributed by atoms with Crippen LogP contribution in [0.25, 0.3) is 0 Å². The molecule has 30 heavy (non-hydrogen) atoms. The van der Waals surface area contributed by atoms with Gasteiger partial charge in [-0.3, -0.25) is 9.59 Å². The Bertz CT molecular complexity index is 707. The van der Waals surface area contributed by atoms with Gasteiger partial charge in [-0.05, 0) is 36.7 Å². The maximum Gasteiger partial charge on any atom is 0.326 e. The van der Waals surface area contributed by atoms with E-state index in [0.29, 0.717) is 12.8 Å². The zero-order valence-electron chi connectivity index (χ0n) is 17.8. The molecule has 0 aliphatic heterocycles. The number of amides is 2. The number of hydrogen-bond acceptors (Lipinski definition) is 4. The highest BCUT2D eigenvalue weighted by molar-refractivity contribution is 5.91. The summed E-state index contributed by atoms with van der Waals surface area (Å²) in [6.45, 7) is 3.73. The fraction of sp³-hybridized carbons (Fsp3) is 0.609. The van der Waals surface area contributed by atoms with Crippen LogP contribution in [0.2, 0.25) is 0 Å². The smallest absolute Gasteiger partial charge is 0.326 e. The maximum atomic E-state index is 13.0. The Morgan fingerprint density at radius 1 is 1.03 bits per heavy atom. The summed E-state index contributed by atoms with van der Waals surface area (Å²) in [5.74, 6) is -2.18. The van der Waals surface area contributed by atoms with Gasteiger partial charge in [0.15, 0.2) is 0 Å². The fourth-order valence-corrected chi connectivity index (χ4v) is 4.07. The molecule has 7 heteroatoms. The molecule has 1 fully saturated rings. The topological polar surface area (TPSA) is 116 Å². The summed E-state index contributed by atoms with van der Waals surface area (Å²) in [6.07, 6.45) is 3.95. The van der Waals surface area contributed by atoms with E-state index in [-0.39, 0.29) is 36.7 Å². The molecule has 7 nitrogen and oxygen atoms in total. The molecule has 1 aliphatic carbocycles. The third kappa shape index (κ3) is 7.13. The summed E-state index contributed by atoms with van der Waals surface area (Å²) < 4.78 is 0. The molecular formula is C23H34N2O5. The van der Waals surface area contributed by atoms with Crippen molar-refractivity contribution in [3.05, 3.63) is 35.9 Å². The van der Waals surface area contributed by atoms with Crippen molar-refractivity contribution in [2.45, 2.75) is 64.5 Å². The second-order valence-electron chi connectivity index (χ2n) is 8.61. The van der Waals surface area contributed by atoms with E-state index in [2.05, 4.69) is 10.6 Å². The third-order valence-electron chi connectivity index (χ3n) is 5.72. The number of benzene rings is 1. The SMILES string of the molecule is CC(C)C[C@H](NC(=O)[C@H](Cc1ccccc1)NC(=O)C1CCCCC1CO)C(=O)O. The molecule has 0 bridgehead atoms. The van der Waals surface area contributed by atoms with Crippen LogP contribution in [-0.4, -0.2) is 46.7 Å². The van der Waals surface area contributed by atoms with Gasteiger partial charge in [-0.2, -0.15) is 0 Å². The molecular weight excluding hydrogens is 384 g/mol. The zero-order chi connectivity index (χ0) is 22.1. The van der Waals surface area contributed by atoms with Crippen LogP contribution >= 0.6 is 0 Å². The highest BCUT2D eigenvalue weighted by Gasteiger charge is 2.34. The van der Waals surface area contributed by atoms with Crippen molar-refractivity contribution in [2.75, 3.05) is 6.61 Å². The fourth-order valence-electron chi connectivity index (χ4n) is 4.07. The summed E-state index contributed by atoms with van der Waals surface area (Å²) in [6, 6.07) is 7.43. The summed E-state index contributed by atoms with van der Waals surface area (Å²) in [5, 5.41) is 24.5. The van der Waals surface area contributed by atoms with E-state index in [4.69, 9.17) is 0 Å². The van der Waals surface area contributed by atoms with Crippen LogP contribution in [0.3, 0.4) is 0 Å². The van der Waals surface area contributed by atoms with Crippen LogP contribution in [0.4, 0.5) is 0 Å². The van der Waals surface area contributed by atoms with Crippen molar-refractivity contribution in [3.8, 4) is 0 Å². The Balaban J connectivity index is 2.15. The monoisotopic (exact) mass is 418 g/mol. The predicted molar refractivity (Wildman–Crippen MR) is 114 cm³/mol. The molecule has 2 rings (SSSR count). The number of aliphatic hydroxyl groups excluding tert-OH is 1. The quantitative estimate of drug-likeness (QED) is 0.465. The van der Waals surface area contributed by atoms with E-state index in [9.17, 15) is 24.6 Å². The summed E-state index contributed by atoms with van der Waals surface area (Å²) in [7, 11) is 0. The Hall–Kier alpha value is -2.41. The molecule has 1 aliphatic rings. The summed E-state index contributed by atoms with van der Waals surface area (Å²) in [4.78, 5) is 37.5. The molecule has 0 saturated heterocycles. The van der Waals surface area contributed by atoms with Crippen LogP contribution in [0, 0.1) is 17.8 Å². The standard InChI is InChI=1S/C23H34N2O5/c1-15(2)12-20(23(29)30)25-22(28)19(13-16-8-4-3-5-9-16)24-21(27)18-11-7-6-10-17(18)14-26/h3-5,8-9,15,17-20,26H,6-7,10-14H2,1-2H3,(H,24,27)(H,25,28)(H,29,30)/t17?,18?,19-,20-/m0/s1. The molecule has 0 heterocycles. The van der Waals surface area contributed by atoms with Crippen molar-refractivity contribution >= 4 is 17.8 Å². The first-order chi connectivity index (χ1) is 14.3. The van der Waals surface area contributed by atoms with Crippen LogP contribution < -0.4 is 10.6 Å². The van der Waals surface area contributed by atoms with Gasteiger partial charge in [0, 0.05) is 18.9 Å². The number of carbonyl (C=O) groups is 3. The highest BCUT2D eigenvalue weighted by Crippen LogP contribution is 2.30. The lowest BCUT2D eigenvalue weighted by Gasteiger charge is -2.31. The zero-order valence-corrected chi connectivity index (χ0v) is 17.8. The number of rotatable bonds is 10. The highest BCUT2D eigenvalue weighted by atomic mass is 16.4. The van der Waals surface area contributed by atoms with Gasteiger partial charge >= 0.3 is 5.97 Å². The molecule has 2 amide bonds. The van der Waals surface area contributed by atoms with E-state index in [0.717, 1.165) is 24.8 Å². The van der Waals surface area contributed by atoms with E-state index in [1.54, 1.807) is 0 Å². The van der Waals surface area contributed by atoms with Crippen molar-refractivity contribution < 1.29 is 24.6 Å². The number of nitrogens with one attached hydrogen (secondary N) is 2. The second kappa shape index (κ2) is 11.7. The summed E-state index contributed by atoms with van der Waals surface area (Å²) >= 11 is 0. The van der Waals surface area contributed by atoms with Crippen molar-refractivity contribution in [2.24, 2.45) is 17.8 Å². The lowest BCUT2D eigenvalue weighted by molar-refractivity contribution is -0.142. The predicted octanol–water partition coefficient (Wildman–Crippen LogP) is 2.13. The van der Waals surface area contributed by atoms with E-state index < -0.39 is 24.0 Å². The molecule has 1 saturated carbocycles. The number of aliphatic carboxylic acids is 1. The number of carboxylic acids is 1. The first-order valence-electron chi connectivity index (χ1n) is 10.8. The Labute approximate surface area is 178 Å². The Kier molecular flexibility index (Phi) is 9.30. The van der Waals surface area contributed by atoms with Crippen molar-refractivity contribution in [1.29, 1.82) is 0 Å². The number of carbonyl (C=O) groups excluding carboxylic acids is 2. The maximum absolute atomic E-state index is 13.0. The molecule has 0 aromatic heterocycles. The minimum Gasteiger partial charge on any atom is -0.480 e. The molecule has 4 N–H and O–H groups in total. The van der Waals surface area contributed by atoms with Gasteiger partial charge < -0.3 is 20.8 Å². The molecule has 1 aromatic carbocycles. The molecule has 1 aromatic rings. The molecule has 0 radical (unpaired) electrons. The first-order valence-corrected chi connectivity index (χ1v) is 10.8. The normalized spacial score (nSPS) is 20.9. The second-order valence-corrected chi connectivity index (χ2v) is 8.61. The van der Waals surface area contributed by atoms with E-state index in [1.807, 2.05) is 44.2 Å². The van der Waals surface area contributed by atoms with Gasteiger partial charge in [-0.15, -0.1) is 0 Å². The Morgan fingerprint density at radius 3 is 2.30 bits per heavy atom. The number of aliphatic hydroxyl groups is 1. The van der Waals surface area contributed by atoms with Crippen LogP contribution in [0.5, 0.6) is 0 Å². The molecule has 2 unspecified atom stereocenters. The van der Waals surface area contributed by atoms with Gasteiger partial charge in [0.25, 0.3) is 0 Å². The van der Waals surface area contributed by atoms with Crippen LogP contribution in [0.1, 0.15) is 51.5 Å². The van der Waals surface area contributed by atoms with E-state index in [1.165, 1.54) is 0 Å². The van der Waals surface area contributed by atoms with Gasteiger partial charge in [-0.25, -0.2) is 4.79 Å². The lowest BCUT2D eigenvalue weighted by Crippen LogP contribution is -2.54. The molecule has 4 atom stereocenters. The lowest BCUT2D eigenvalue weighted by atomic mass is 9.79. The van der Waals surface area contributed by atoms with Gasteiger partial charge in [0.2, 0.25) is 11.8 Å². The van der Waals surface area contributed by atoms with E-state index >= 15 is 0 Å².